The molecule has 1 saturated heterocycles. The van der Waals surface area contributed by atoms with Gasteiger partial charge in [0.05, 0.1) is 18.2 Å². The number of carbonyl (C=O) groups is 2. The van der Waals surface area contributed by atoms with Crippen molar-refractivity contribution in [3.8, 4) is 17.2 Å². The molecule has 0 bridgehead atoms. The Labute approximate surface area is 241 Å². The molecular weight excluding hydrogens is 540 g/mol. The fraction of sp³-hybridized carbons (Fsp3) is 0.219. The molecule has 3 heterocycles. The first-order chi connectivity index (χ1) is 19.9. The van der Waals surface area contributed by atoms with Crippen molar-refractivity contribution in [2.75, 3.05) is 11.5 Å². The number of amides is 1. The third kappa shape index (κ3) is 5.04. The smallest absolute Gasteiger partial charge is 0.301 e. The van der Waals surface area contributed by atoms with E-state index < -0.39 is 17.7 Å². The van der Waals surface area contributed by atoms with Gasteiger partial charge in [0.25, 0.3) is 5.78 Å². The second-order valence-electron chi connectivity index (χ2n) is 9.85. The zero-order valence-electron chi connectivity index (χ0n) is 22.6. The molecule has 2 aliphatic heterocycles. The second-order valence-corrected chi connectivity index (χ2v) is 10.7. The molecule has 208 valence electrons. The van der Waals surface area contributed by atoms with Gasteiger partial charge in [-0.05, 0) is 60.9 Å². The summed E-state index contributed by atoms with van der Waals surface area (Å²) in [6.07, 6.45) is 2.29. The highest BCUT2D eigenvalue weighted by Crippen LogP contribution is 2.45. The average molecular weight is 569 g/mol. The van der Waals surface area contributed by atoms with Crippen molar-refractivity contribution in [2.45, 2.75) is 39.0 Å². The van der Waals surface area contributed by atoms with Gasteiger partial charge in [-0.3, -0.25) is 14.5 Å². The number of aromatic nitrogens is 1. The van der Waals surface area contributed by atoms with E-state index in [-0.39, 0.29) is 17.4 Å². The molecule has 1 fully saturated rings. The largest absolute Gasteiger partial charge is 0.507 e. The van der Waals surface area contributed by atoms with Crippen LogP contribution in [0.5, 0.6) is 17.2 Å². The lowest BCUT2D eigenvalue weighted by molar-refractivity contribution is -0.132. The van der Waals surface area contributed by atoms with E-state index in [0.717, 1.165) is 16.9 Å². The number of nitrogens with zero attached hydrogens (tertiary/aromatic N) is 2. The van der Waals surface area contributed by atoms with Gasteiger partial charge < -0.3 is 19.3 Å². The van der Waals surface area contributed by atoms with Gasteiger partial charge in [0.2, 0.25) is 0 Å². The molecule has 6 rings (SSSR count). The number of benzene rings is 3. The fourth-order valence-electron chi connectivity index (χ4n) is 5.22. The van der Waals surface area contributed by atoms with E-state index in [1.807, 2.05) is 50.2 Å². The maximum absolute atomic E-state index is 13.5. The minimum Gasteiger partial charge on any atom is -0.507 e. The number of aliphatic hydroxyl groups excluding tert-OH is 1. The number of rotatable bonds is 8. The summed E-state index contributed by atoms with van der Waals surface area (Å²) in [5.74, 6) is -0.0479. The third-order valence-electron chi connectivity index (χ3n) is 7.06. The molecular formula is C32H28N2O6S. The molecule has 1 N–H and O–H groups in total. The summed E-state index contributed by atoms with van der Waals surface area (Å²) in [4.78, 5) is 32.6. The van der Waals surface area contributed by atoms with Gasteiger partial charge in [-0.1, -0.05) is 36.4 Å². The van der Waals surface area contributed by atoms with Crippen LogP contribution in [0, 0.1) is 0 Å². The Morgan fingerprint density at radius 3 is 2.66 bits per heavy atom. The van der Waals surface area contributed by atoms with Crippen LogP contribution in [0.3, 0.4) is 0 Å². The van der Waals surface area contributed by atoms with Gasteiger partial charge in [-0.15, -0.1) is 11.3 Å². The van der Waals surface area contributed by atoms with Gasteiger partial charge in [-0.2, -0.15) is 0 Å². The number of carbonyl (C=O) groups excluding carboxylic acids is 2. The number of ketones is 1. The van der Waals surface area contributed by atoms with Crippen LogP contribution in [-0.2, 0) is 22.6 Å². The van der Waals surface area contributed by atoms with E-state index in [0.29, 0.717) is 47.4 Å². The number of fused-ring (bicyclic) bond motifs is 1. The molecule has 41 heavy (non-hydrogen) atoms. The molecule has 0 spiro atoms. The first-order valence-electron chi connectivity index (χ1n) is 13.4. The molecule has 0 aliphatic carbocycles. The zero-order valence-corrected chi connectivity index (χ0v) is 23.4. The predicted octanol–water partition coefficient (Wildman–Crippen LogP) is 6.07. The van der Waals surface area contributed by atoms with Crippen LogP contribution >= 0.6 is 11.3 Å². The van der Waals surface area contributed by atoms with Gasteiger partial charge in [-0.25, -0.2) is 4.98 Å². The molecule has 0 saturated carbocycles. The average Bonchev–Trinajstić information content (AvgIpc) is 3.70. The van der Waals surface area contributed by atoms with Crippen LogP contribution in [0.2, 0.25) is 0 Å². The SMILES string of the molecule is CCOc1cc([C@@H]2/C(=C(\O)c3ccc4c(c3)C[C@H](C)O4)C(=O)C(=O)N2c2nccs2)ccc1OCc1ccccc1. The van der Waals surface area contributed by atoms with Crippen LogP contribution in [0.25, 0.3) is 5.76 Å². The Hall–Kier alpha value is -4.63. The zero-order chi connectivity index (χ0) is 28.5. The molecule has 8 nitrogen and oxygen atoms in total. The van der Waals surface area contributed by atoms with E-state index >= 15 is 0 Å². The molecule has 2 atom stereocenters. The Morgan fingerprint density at radius 2 is 1.90 bits per heavy atom. The first kappa shape index (κ1) is 26.6. The number of Topliss-reactive ketones (excluding diaryl/α,β-unsaturated/α-hetero) is 1. The van der Waals surface area contributed by atoms with E-state index in [1.54, 1.807) is 41.9 Å². The van der Waals surface area contributed by atoms with Crippen LogP contribution in [0.1, 0.15) is 42.1 Å². The molecule has 3 aromatic carbocycles. The summed E-state index contributed by atoms with van der Waals surface area (Å²) in [7, 11) is 0. The monoisotopic (exact) mass is 568 g/mol. The number of anilines is 1. The van der Waals surface area contributed by atoms with Crippen LogP contribution in [-0.4, -0.2) is 34.5 Å². The summed E-state index contributed by atoms with van der Waals surface area (Å²) in [5, 5.41) is 13.6. The lowest BCUT2D eigenvalue weighted by Crippen LogP contribution is -2.29. The molecule has 0 unspecified atom stereocenters. The highest BCUT2D eigenvalue weighted by atomic mass is 32.1. The Kier molecular flexibility index (Phi) is 7.19. The van der Waals surface area contributed by atoms with Crippen LogP contribution in [0.4, 0.5) is 5.13 Å². The standard InChI is InChI=1S/C32H28N2O6S/c1-3-38-26-17-21(9-12-25(26)39-18-20-7-5-4-6-8-20)28-27(30(36)31(37)34(28)32-33-13-14-41-32)29(35)22-10-11-24-23(16-22)15-19(2)40-24/h4-14,16-17,19,28,35H,3,15,18H2,1-2H3/b29-27+/t19-,28+/m0/s1. The van der Waals surface area contributed by atoms with E-state index in [9.17, 15) is 14.7 Å². The Balaban J connectivity index is 1.44. The number of ether oxygens (including phenoxy) is 3. The molecule has 9 heteroatoms. The highest BCUT2D eigenvalue weighted by Gasteiger charge is 2.48. The maximum atomic E-state index is 13.5. The highest BCUT2D eigenvalue weighted by molar-refractivity contribution is 7.14. The fourth-order valence-corrected chi connectivity index (χ4v) is 5.89. The third-order valence-corrected chi connectivity index (χ3v) is 7.83. The van der Waals surface area contributed by atoms with Gasteiger partial charge in [0, 0.05) is 23.6 Å². The first-order valence-corrected chi connectivity index (χ1v) is 14.3. The van der Waals surface area contributed by atoms with E-state index in [2.05, 4.69) is 4.98 Å². The quantitative estimate of drug-likeness (QED) is 0.157. The summed E-state index contributed by atoms with van der Waals surface area (Å²) < 4.78 is 17.8. The topological polar surface area (TPSA) is 98.2 Å². The number of hydrogen-bond acceptors (Lipinski definition) is 8. The number of hydrogen-bond donors (Lipinski definition) is 1. The number of thiazole rings is 1. The normalized spacial score (nSPS) is 19.2. The van der Waals surface area contributed by atoms with Crippen LogP contribution in [0.15, 0.2) is 83.9 Å². The van der Waals surface area contributed by atoms with Crippen molar-refractivity contribution in [3.63, 3.8) is 0 Å². The molecule has 4 aromatic rings. The summed E-state index contributed by atoms with van der Waals surface area (Å²) in [5.41, 5.74) is 2.94. The van der Waals surface area contributed by atoms with Crippen molar-refractivity contribution < 1.29 is 28.9 Å². The minimum atomic E-state index is -0.924. The maximum Gasteiger partial charge on any atom is 0.301 e. The molecule has 2 aliphatic rings. The predicted molar refractivity (Wildman–Crippen MR) is 156 cm³/mol. The van der Waals surface area contributed by atoms with Crippen molar-refractivity contribution in [1.82, 2.24) is 4.98 Å². The number of aliphatic hydroxyl groups is 1. The second kappa shape index (κ2) is 11.1. The van der Waals surface area contributed by atoms with Gasteiger partial charge >= 0.3 is 5.91 Å². The molecule has 0 radical (unpaired) electrons. The minimum absolute atomic E-state index is 0.0162. The van der Waals surface area contributed by atoms with Crippen molar-refractivity contribution in [2.24, 2.45) is 0 Å². The van der Waals surface area contributed by atoms with E-state index in [4.69, 9.17) is 14.2 Å². The molecule has 1 aromatic heterocycles. The Bertz CT molecular complexity index is 1630. The van der Waals surface area contributed by atoms with Gasteiger partial charge in [0.1, 0.15) is 24.2 Å². The lowest BCUT2D eigenvalue weighted by Gasteiger charge is -2.24. The summed E-state index contributed by atoms with van der Waals surface area (Å²) >= 11 is 1.24. The van der Waals surface area contributed by atoms with Crippen molar-refractivity contribution in [3.05, 3.63) is 106 Å². The van der Waals surface area contributed by atoms with E-state index in [1.165, 1.54) is 16.2 Å². The van der Waals surface area contributed by atoms with Gasteiger partial charge in [0.15, 0.2) is 16.6 Å². The lowest BCUT2D eigenvalue weighted by atomic mass is 9.94. The molecule has 1 amide bonds. The summed E-state index contributed by atoms with van der Waals surface area (Å²) in [6, 6.07) is 19.5. The van der Waals surface area contributed by atoms with Crippen molar-refractivity contribution in [1.29, 1.82) is 0 Å². The van der Waals surface area contributed by atoms with Crippen LogP contribution < -0.4 is 19.1 Å². The van der Waals surface area contributed by atoms with Crippen molar-refractivity contribution >= 4 is 33.9 Å². The summed E-state index contributed by atoms with van der Waals surface area (Å²) in [6.45, 7) is 4.57. The Morgan fingerprint density at radius 1 is 1.07 bits per heavy atom.